The van der Waals surface area contributed by atoms with Crippen molar-refractivity contribution in [3.63, 3.8) is 0 Å². The first-order valence-electron chi connectivity index (χ1n) is 5.50. The van der Waals surface area contributed by atoms with Crippen LogP contribution in [0.1, 0.15) is 34.6 Å². The molecule has 0 rings (SSSR count). The number of likely N-dealkylation sites (N-methyl/N-ethyl adjacent to an activating group) is 1. The van der Waals surface area contributed by atoms with Crippen LogP contribution in [-0.4, -0.2) is 31.5 Å². The van der Waals surface area contributed by atoms with Gasteiger partial charge in [0.2, 0.25) is 0 Å². The van der Waals surface area contributed by atoms with Crippen molar-refractivity contribution in [2.75, 3.05) is 13.2 Å². The minimum Gasteiger partial charge on any atom is -0.367 e. The van der Waals surface area contributed by atoms with Gasteiger partial charge in [0.15, 0.2) is 6.10 Å². The fourth-order valence-electron chi connectivity index (χ4n) is 1.20. The fourth-order valence-corrected chi connectivity index (χ4v) is 1.20. The van der Waals surface area contributed by atoms with Crippen LogP contribution in [0.25, 0.3) is 0 Å². The van der Waals surface area contributed by atoms with Crippen LogP contribution in [0.2, 0.25) is 0 Å². The molecule has 0 saturated heterocycles. The van der Waals surface area contributed by atoms with Crippen molar-refractivity contribution in [1.29, 1.82) is 0 Å². The van der Waals surface area contributed by atoms with Crippen molar-refractivity contribution in [2.45, 2.75) is 52.9 Å². The van der Waals surface area contributed by atoms with E-state index >= 15 is 0 Å². The number of nitrogens with one attached hydrogen (secondary N) is 1. The van der Waals surface area contributed by atoms with Crippen LogP contribution >= 0.6 is 0 Å². The molecule has 0 aromatic heterocycles. The van der Waals surface area contributed by atoms with Gasteiger partial charge in [-0.1, -0.05) is 27.7 Å². The Morgan fingerprint density at radius 3 is 2.00 bits per heavy atom. The molecule has 5 heteroatoms. The zero-order chi connectivity index (χ0) is 13.0. The highest BCUT2D eigenvalue weighted by atomic mass is 19.4. The Morgan fingerprint density at radius 2 is 1.69 bits per heavy atom. The van der Waals surface area contributed by atoms with Gasteiger partial charge in [0.1, 0.15) is 0 Å². The Morgan fingerprint density at radius 1 is 1.19 bits per heavy atom. The highest BCUT2D eigenvalue weighted by Gasteiger charge is 2.38. The summed E-state index contributed by atoms with van der Waals surface area (Å²) >= 11 is 0. The maximum atomic E-state index is 12.2. The van der Waals surface area contributed by atoms with Crippen LogP contribution in [0.5, 0.6) is 0 Å². The molecule has 0 aromatic rings. The predicted octanol–water partition coefficient (Wildman–Crippen LogP) is 2.98. The molecular weight excluding hydrogens is 219 g/mol. The van der Waals surface area contributed by atoms with Crippen LogP contribution in [0.15, 0.2) is 0 Å². The summed E-state index contributed by atoms with van der Waals surface area (Å²) in [6, 6.07) is -0.0812. The van der Waals surface area contributed by atoms with E-state index < -0.39 is 12.3 Å². The van der Waals surface area contributed by atoms with Gasteiger partial charge in [-0.3, -0.25) is 0 Å². The lowest BCUT2D eigenvalue weighted by Crippen LogP contribution is -2.45. The molecule has 0 bridgehead atoms. The molecule has 0 amide bonds. The van der Waals surface area contributed by atoms with E-state index in [1.165, 1.54) is 0 Å². The van der Waals surface area contributed by atoms with E-state index in [4.69, 9.17) is 4.74 Å². The van der Waals surface area contributed by atoms with Gasteiger partial charge < -0.3 is 10.1 Å². The molecule has 0 heterocycles. The Balaban J connectivity index is 4.23. The molecule has 16 heavy (non-hydrogen) atoms. The molecule has 98 valence electrons. The number of ether oxygens (including phenoxy) is 1. The summed E-state index contributed by atoms with van der Waals surface area (Å²) in [5, 5.41) is 3.14. The minimum atomic E-state index is -4.28. The average Bonchev–Trinajstić information content (AvgIpc) is 2.07. The van der Waals surface area contributed by atoms with Gasteiger partial charge in [-0.05, 0) is 18.9 Å². The van der Waals surface area contributed by atoms with Gasteiger partial charge in [0.05, 0.1) is 6.61 Å². The van der Waals surface area contributed by atoms with E-state index in [2.05, 4.69) is 5.32 Å². The van der Waals surface area contributed by atoms with Crippen LogP contribution in [-0.2, 0) is 4.74 Å². The van der Waals surface area contributed by atoms with Crippen molar-refractivity contribution in [3.8, 4) is 0 Å². The maximum absolute atomic E-state index is 12.2. The standard InChI is InChI=1S/C11H22F3NO/c1-6-15-9(10(3,4)5)7-16-8(2)11(12,13)14/h8-9,15H,6-7H2,1-5H3. The Bertz CT molecular complexity index is 198. The monoisotopic (exact) mass is 241 g/mol. The molecule has 0 aromatic carbocycles. The predicted molar refractivity (Wildman–Crippen MR) is 58.4 cm³/mol. The normalized spacial score (nSPS) is 17.2. The molecule has 0 fully saturated rings. The van der Waals surface area contributed by atoms with E-state index in [1.807, 2.05) is 27.7 Å². The second-order valence-electron chi connectivity index (χ2n) is 4.99. The Hall–Kier alpha value is -0.290. The number of hydrogen-bond acceptors (Lipinski definition) is 2. The molecule has 2 unspecified atom stereocenters. The summed E-state index contributed by atoms with van der Waals surface area (Å²) in [5.74, 6) is 0. The summed E-state index contributed by atoms with van der Waals surface area (Å²) in [4.78, 5) is 0. The molecule has 0 aliphatic heterocycles. The number of rotatable bonds is 5. The third-order valence-corrected chi connectivity index (χ3v) is 2.47. The molecule has 0 radical (unpaired) electrons. The Kier molecular flexibility index (Phi) is 5.76. The largest absolute Gasteiger partial charge is 0.414 e. The van der Waals surface area contributed by atoms with Gasteiger partial charge in [0, 0.05) is 6.04 Å². The number of alkyl halides is 3. The van der Waals surface area contributed by atoms with Crippen molar-refractivity contribution in [3.05, 3.63) is 0 Å². The van der Waals surface area contributed by atoms with E-state index in [1.54, 1.807) is 0 Å². The molecule has 0 aliphatic carbocycles. The first-order chi connectivity index (χ1) is 7.09. The van der Waals surface area contributed by atoms with Crippen molar-refractivity contribution < 1.29 is 17.9 Å². The first kappa shape index (κ1) is 15.7. The van der Waals surface area contributed by atoms with Crippen molar-refractivity contribution in [2.24, 2.45) is 5.41 Å². The van der Waals surface area contributed by atoms with Gasteiger partial charge in [0.25, 0.3) is 0 Å². The summed E-state index contributed by atoms with van der Waals surface area (Å²) in [6.45, 7) is 9.66. The van der Waals surface area contributed by atoms with Gasteiger partial charge >= 0.3 is 6.18 Å². The SMILES string of the molecule is CCNC(COC(C)C(F)(F)F)C(C)(C)C. The zero-order valence-corrected chi connectivity index (χ0v) is 10.6. The molecule has 0 saturated carbocycles. The quantitative estimate of drug-likeness (QED) is 0.799. The van der Waals surface area contributed by atoms with E-state index in [9.17, 15) is 13.2 Å². The number of hydrogen-bond donors (Lipinski definition) is 1. The van der Waals surface area contributed by atoms with Crippen LogP contribution in [0.3, 0.4) is 0 Å². The molecule has 2 atom stereocenters. The molecule has 1 N–H and O–H groups in total. The molecule has 0 aliphatic rings. The zero-order valence-electron chi connectivity index (χ0n) is 10.6. The summed E-state index contributed by atoms with van der Waals surface area (Å²) in [6.07, 6.45) is -6.00. The fraction of sp³-hybridized carbons (Fsp3) is 1.00. The first-order valence-corrected chi connectivity index (χ1v) is 5.50. The van der Waals surface area contributed by atoms with E-state index in [-0.39, 0.29) is 18.1 Å². The van der Waals surface area contributed by atoms with Crippen molar-refractivity contribution >= 4 is 0 Å². The van der Waals surface area contributed by atoms with Crippen molar-refractivity contribution in [1.82, 2.24) is 5.32 Å². The average molecular weight is 241 g/mol. The van der Waals surface area contributed by atoms with Crippen LogP contribution in [0, 0.1) is 5.41 Å². The van der Waals surface area contributed by atoms with Crippen LogP contribution < -0.4 is 5.32 Å². The number of halogens is 3. The maximum Gasteiger partial charge on any atom is 0.414 e. The summed E-state index contributed by atoms with van der Waals surface area (Å²) in [5.41, 5.74) is -0.124. The second kappa shape index (κ2) is 5.87. The van der Waals surface area contributed by atoms with Gasteiger partial charge in [-0.25, -0.2) is 0 Å². The smallest absolute Gasteiger partial charge is 0.367 e. The highest BCUT2D eigenvalue weighted by Crippen LogP contribution is 2.25. The van der Waals surface area contributed by atoms with E-state index in [0.29, 0.717) is 6.54 Å². The molecular formula is C11H22F3NO. The van der Waals surface area contributed by atoms with Gasteiger partial charge in [-0.15, -0.1) is 0 Å². The second-order valence-corrected chi connectivity index (χ2v) is 4.99. The highest BCUT2D eigenvalue weighted by molar-refractivity contribution is 4.80. The lowest BCUT2D eigenvalue weighted by atomic mass is 9.87. The summed E-state index contributed by atoms with van der Waals surface area (Å²) in [7, 11) is 0. The third kappa shape index (κ3) is 5.70. The van der Waals surface area contributed by atoms with E-state index in [0.717, 1.165) is 6.92 Å². The third-order valence-electron chi connectivity index (χ3n) is 2.47. The lowest BCUT2D eigenvalue weighted by Gasteiger charge is -2.32. The van der Waals surface area contributed by atoms with Gasteiger partial charge in [-0.2, -0.15) is 13.2 Å². The molecule has 0 spiro atoms. The molecule has 2 nitrogen and oxygen atoms in total. The lowest BCUT2D eigenvalue weighted by molar-refractivity contribution is -0.217. The Labute approximate surface area is 95.5 Å². The van der Waals surface area contributed by atoms with Crippen LogP contribution in [0.4, 0.5) is 13.2 Å². The summed E-state index contributed by atoms with van der Waals surface area (Å²) < 4.78 is 41.6. The minimum absolute atomic E-state index is 0.0675. The topological polar surface area (TPSA) is 21.3 Å².